The molecule has 0 amide bonds. The molecule has 0 aliphatic rings. The summed E-state index contributed by atoms with van der Waals surface area (Å²) in [7, 11) is 1.90. The molecule has 1 aromatic heterocycles. The molecule has 0 saturated carbocycles. The minimum atomic E-state index is 0.213. The number of hydrogen-bond donors (Lipinski definition) is 2. The molecule has 1 atom stereocenters. The van der Waals surface area contributed by atoms with Gasteiger partial charge in [-0.15, -0.1) is 5.10 Å². The molecule has 0 aromatic carbocycles. The number of nitrogens with zero attached hydrogens (tertiary/aromatic N) is 3. The smallest absolute Gasteiger partial charge is 0.165 e. The highest BCUT2D eigenvalue weighted by molar-refractivity contribution is 4.89. The Morgan fingerprint density at radius 3 is 2.55 bits per heavy atom. The second kappa shape index (κ2) is 3.43. The third-order valence-electron chi connectivity index (χ3n) is 1.63. The summed E-state index contributed by atoms with van der Waals surface area (Å²) >= 11 is 0. The number of nitrogens with one attached hydrogen (secondary N) is 2. The van der Waals surface area contributed by atoms with Crippen molar-refractivity contribution in [3.8, 4) is 0 Å². The van der Waals surface area contributed by atoms with E-state index in [-0.39, 0.29) is 6.04 Å². The largest absolute Gasteiger partial charge is 0.310 e. The van der Waals surface area contributed by atoms with E-state index in [0.29, 0.717) is 5.92 Å². The molecule has 0 unspecified atom stereocenters. The molecule has 0 radical (unpaired) electrons. The Kier molecular flexibility index (Phi) is 2.53. The van der Waals surface area contributed by atoms with E-state index in [1.54, 1.807) is 0 Å². The summed E-state index contributed by atoms with van der Waals surface area (Å²) in [5, 5.41) is 16.7. The molecule has 2 N–H and O–H groups in total. The number of aromatic amines is 1. The van der Waals surface area contributed by atoms with Crippen LogP contribution in [-0.2, 0) is 0 Å². The molecular formula is C6H13N5. The lowest BCUT2D eigenvalue weighted by Crippen LogP contribution is -2.22. The third-order valence-corrected chi connectivity index (χ3v) is 1.63. The van der Waals surface area contributed by atoms with E-state index in [9.17, 15) is 0 Å². The summed E-state index contributed by atoms with van der Waals surface area (Å²) in [6, 6.07) is 0.213. The fraction of sp³-hybridized carbons (Fsp3) is 0.833. The highest BCUT2D eigenvalue weighted by Crippen LogP contribution is 2.15. The first-order valence-electron chi connectivity index (χ1n) is 3.66. The number of H-pyrrole nitrogens is 1. The van der Waals surface area contributed by atoms with Gasteiger partial charge in [-0.05, 0) is 23.4 Å². The number of rotatable bonds is 3. The van der Waals surface area contributed by atoms with Crippen molar-refractivity contribution in [2.75, 3.05) is 7.05 Å². The van der Waals surface area contributed by atoms with Crippen LogP contribution < -0.4 is 5.32 Å². The number of tetrazole rings is 1. The van der Waals surface area contributed by atoms with Crippen LogP contribution in [0.5, 0.6) is 0 Å². The summed E-state index contributed by atoms with van der Waals surface area (Å²) in [4.78, 5) is 0. The van der Waals surface area contributed by atoms with E-state index in [4.69, 9.17) is 0 Å². The highest BCUT2D eigenvalue weighted by Gasteiger charge is 2.16. The van der Waals surface area contributed by atoms with Crippen molar-refractivity contribution < 1.29 is 0 Å². The van der Waals surface area contributed by atoms with Crippen molar-refractivity contribution in [2.45, 2.75) is 19.9 Å². The van der Waals surface area contributed by atoms with Gasteiger partial charge in [0, 0.05) is 0 Å². The lowest BCUT2D eigenvalue weighted by atomic mass is 10.0. The zero-order valence-electron chi connectivity index (χ0n) is 7.00. The zero-order valence-corrected chi connectivity index (χ0v) is 7.00. The predicted octanol–water partition coefficient (Wildman–Crippen LogP) is 0.116. The average molecular weight is 155 g/mol. The lowest BCUT2D eigenvalue weighted by Gasteiger charge is -2.15. The second-order valence-electron chi connectivity index (χ2n) is 2.80. The number of hydrogen-bond acceptors (Lipinski definition) is 4. The van der Waals surface area contributed by atoms with Gasteiger partial charge < -0.3 is 5.32 Å². The van der Waals surface area contributed by atoms with E-state index in [1.807, 2.05) is 7.05 Å². The van der Waals surface area contributed by atoms with Crippen molar-refractivity contribution in [3.05, 3.63) is 5.82 Å². The maximum Gasteiger partial charge on any atom is 0.165 e. The molecule has 0 aliphatic heterocycles. The predicted molar refractivity (Wildman–Crippen MR) is 40.8 cm³/mol. The molecule has 0 spiro atoms. The monoisotopic (exact) mass is 155 g/mol. The van der Waals surface area contributed by atoms with Crippen molar-refractivity contribution in [1.82, 2.24) is 25.9 Å². The maximum absolute atomic E-state index is 3.83. The molecule has 1 rings (SSSR count). The van der Waals surface area contributed by atoms with Gasteiger partial charge >= 0.3 is 0 Å². The van der Waals surface area contributed by atoms with Crippen LogP contribution in [0, 0.1) is 5.92 Å². The van der Waals surface area contributed by atoms with Crippen LogP contribution in [0.1, 0.15) is 25.7 Å². The van der Waals surface area contributed by atoms with Gasteiger partial charge in [0.15, 0.2) is 5.82 Å². The zero-order chi connectivity index (χ0) is 8.27. The van der Waals surface area contributed by atoms with Crippen LogP contribution in [0.3, 0.4) is 0 Å². The second-order valence-corrected chi connectivity index (χ2v) is 2.80. The summed E-state index contributed by atoms with van der Waals surface area (Å²) in [5.74, 6) is 1.28. The minimum Gasteiger partial charge on any atom is -0.310 e. The van der Waals surface area contributed by atoms with Crippen LogP contribution in [0.4, 0.5) is 0 Å². The molecular weight excluding hydrogens is 142 g/mol. The van der Waals surface area contributed by atoms with Crippen LogP contribution in [-0.4, -0.2) is 27.7 Å². The van der Waals surface area contributed by atoms with Gasteiger partial charge in [0.1, 0.15) is 0 Å². The topological polar surface area (TPSA) is 66.5 Å². The molecule has 0 bridgehead atoms. The Balaban J connectivity index is 2.71. The van der Waals surface area contributed by atoms with Gasteiger partial charge in [-0.2, -0.15) is 0 Å². The highest BCUT2D eigenvalue weighted by atomic mass is 15.5. The normalized spacial score (nSPS) is 13.8. The Morgan fingerprint density at radius 2 is 2.18 bits per heavy atom. The first kappa shape index (κ1) is 8.13. The Hall–Kier alpha value is -0.970. The quantitative estimate of drug-likeness (QED) is 0.650. The Bertz CT molecular complexity index is 193. The molecule has 62 valence electrons. The number of aromatic nitrogens is 4. The van der Waals surface area contributed by atoms with Gasteiger partial charge in [-0.3, -0.25) is 0 Å². The fourth-order valence-electron chi connectivity index (χ4n) is 1.08. The average Bonchev–Trinajstić information content (AvgIpc) is 2.40. The van der Waals surface area contributed by atoms with Crippen molar-refractivity contribution in [3.63, 3.8) is 0 Å². The van der Waals surface area contributed by atoms with Crippen LogP contribution >= 0.6 is 0 Å². The molecule has 0 fully saturated rings. The van der Waals surface area contributed by atoms with E-state index in [0.717, 1.165) is 5.82 Å². The third kappa shape index (κ3) is 1.74. The molecule has 0 aliphatic carbocycles. The van der Waals surface area contributed by atoms with Gasteiger partial charge in [-0.25, -0.2) is 5.10 Å². The summed E-state index contributed by atoms with van der Waals surface area (Å²) in [6.07, 6.45) is 0. The molecule has 5 heteroatoms. The summed E-state index contributed by atoms with van der Waals surface area (Å²) in [6.45, 7) is 4.23. The van der Waals surface area contributed by atoms with E-state index >= 15 is 0 Å². The molecule has 5 nitrogen and oxygen atoms in total. The maximum atomic E-state index is 3.83. The fourth-order valence-corrected chi connectivity index (χ4v) is 1.08. The lowest BCUT2D eigenvalue weighted by molar-refractivity contribution is 0.423. The van der Waals surface area contributed by atoms with Gasteiger partial charge in [0.25, 0.3) is 0 Å². The Morgan fingerprint density at radius 1 is 1.45 bits per heavy atom. The minimum absolute atomic E-state index is 0.213. The Labute approximate surface area is 65.6 Å². The van der Waals surface area contributed by atoms with Gasteiger partial charge in [-0.1, -0.05) is 13.8 Å². The van der Waals surface area contributed by atoms with E-state index in [2.05, 4.69) is 39.8 Å². The van der Waals surface area contributed by atoms with Crippen LogP contribution in [0.2, 0.25) is 0 Å². The van der Waals surface area contributed by atoms with Crippen molar-refractivity contribution in [2.24, 2.45) is 5.92 Å². The van der Waals surface area contributed by atoms with Crippen LogP contribution in [0.25, 0.3) is 0 Å². The van der Waals surface area contributed by atoms with Gasteiger partial charge in [0.2, 0.25) is 0 Å². The first-order valence-corrected chi connectivity index (χ1v) is 3.66. The SMILES string of the molecule is CN[C@@H](c1nnn[nH]1)C(C)C. The standard InChI is InChI=1S/C6H13N5/c1-4(2)5(7-3)6-8-10-11-9-6/h4-5,7H,1-3H3,(H,8,9,10,11)/t5-/m1/s1. The summed E-state index contributed by atoms with van der Waals surface area (Å²) < 4.78 is 0. The first-order chi connectivity index (χ1) is 5.25. The molecule has 11 heavy (non-hydrogen) atoms. The molecule has 0 saturated heterocycles. The van der Waals surface area contributed by atoms with Crippen molar-refractivity contribution in [1.29, 1.82) is 0 Å². The van der Waals surface area contributed by atoms with Crippen molar-refractivity contribution >= 4 is 0 Å². The van der Waals surface area contributed by atoms with E-state index < -0.39 is 0 Å². The van der Waals surface area contributed by atoms with Crippen LogP contribution in [0.15, 0.2) is 0 Å². The molecule has 1 heterocycles. The van der Waals surface area contributed by atoms with E-state index in [1.165, 1.54) is 0 Å². The molecule has 1 aromatic rings. The van der Waals surface area contributed by atoms with Gasteiger partial charge in [0.05, 0.1) is 6.04 Å². The summed E-state index contributed by atoms with van der Waals surface area (Å²) in [5.41, 5.74) is 0.